The number of hydrogen-bond acceptors (Lipinski definition) is 2. The second-order valence-electron chi connectivity index (χ2n) is 4.18. The minimum atomic E-state index is -0.523. The number of piperidine rings is 1. The lowest BCUT2D eigenvalue weighted by molar-refractivity contribution is -0.124. The molecular weight excluding hydrogens is 238 g/mol. The standard InChI is InChI=1S/C13H14ClNO2/c14-8-9-3-5-10(6-4-9)12(16)11-2-1-7-15-13(11)17/h3-6,11H,1-2,7-8H2,(H,15,17). The van der Waals surface area contributed by atoms with E-state index in [1.54, 1.807) is 12.1 Å². The molecule has 0 bridgehead atoms. The summed E-state index contributed by atoms with van der Waals surface area (Å²) in [5.41, 5.74) is 1.55. The van der Waals surface area contributed by atoms with Crippen LogP contribution >= 0.6 is 11.6 Å². The Morgan fingerprint density at radius 1 is 1.35 bits per heavy atom. The summed E-state index contributed by atoms with van der Waals surface area (Å²) in [6.45, 7) is 0.674. The van der Waals surface area contributed by atoms with Crippen LogP contribution in [0.4, 0.5) is 0 Å². The number of hydrogen-bond donors (Lipinski definition) is 1. The molecule has 1 amide bonds. The molecule has 1 unspecified atom stereocenters. The van der Waals surface area contributed by atoms with Gasteiger partial charge in [-0.15, -0.1) is 11.6 Å². The lowest BCUT2D eigenvalue weighted by Gasteiger charge is -2.20. The van der Waals surface area contributed by atoms with Gasteiger partial charge >= 0.3 is 0 Å². The van der Waals surface area contributed by atoms with Crippen LogP contribution in [0.25, 0.3) is 0 Å². The third kappa shape index (κ3) is 2.67. The van der Waals surface area contributed by atoms with Crippen molar-refractivity contribution in [1.82, 2.24) is 5.32 Å². The molecule has 1 fully saturated rings. The number of Topliss-reactive ketones (excluding diaryl/α,β-unsaturated/α-hetero) is 1. The van der Waals surface area contributed by atoms with Crippen molar-refractivity contribution in [2.75, 3.05) is 6.54 Å². The third-order valence-corrected chi connectivity index (χ3v) is 3.30. The maximum absolute atomic E-state index is 12.1. The van der Waals surface area contributed by atoms with E-state index in [0.29, 0.717) is 24.4 Å². The van der Waals surface area contributed by atoms with Crippen molar-refractivity contribution < 1.29 is 9.59 Å². The summed E-state index contributed by atoms with van der Waals surface area (Å²) in [6, 6.07) is 7.12. The van der Waals surface area contributed by atoms with Gasteiger partial charge < -0.3 is 5.32 Å². The van der Waals surface area contributed by atoms with Crippen LogP contribution in [0.15, 0.2) is 24.3 Å². The number of alkyl halides is 1. The van der Waals surface area contributed by atoms with E-state index in [1.165, 1.54) is 0 Å². The van der Waals surface area contributed by atoms with E-state index in [0.717, 1.165) is 12.0 Å². The number of halogens is 1. The van der Waals surface area contributed by atoms with Gasteiger partial charge in [-0.3, -0.25) is 9.59 Å². The van der Waals surface area contributed by atoms with Gasteiger partial charge in [-0.05, 0) is 18.4 Å². The summed E-state index contributed by atoms with van der Waals surface area (Å²) < 4.78 is 0. The number of nitrogens with one attached hydrogen (secondary N) is 1. The third-order valence-electron chi connectivity index (χ3n) is 2.99. The second kappa shape index (κ2) is 5.32. The van der Waals surface area contributed by atoms with E-state index in [2.05, 4.69) is 5.32 Å². The first-order chi connectivity index (χ1) is 8.22. The number of rotatable bonds is 3. The fourth-order valence-corrected chi connectivity index (χ4v) is 2.16. The van der Waals surface area contributed by atoms with Gasteiger partial charge in [-0.25, -0.2) is 0 Å². The van der Waals surface area contributed by atoms with Gasteiger partial charge in [0.1, 0.15) is 5.92 Å². The first-order valence-corrected chi connectivity index (χ1v) is 6.22. The lowest BCUT2D eigenvalue weighted by Crippen LogP contribution is -2.40. The normalized spacial score (nSPS) is 19.8. The Morgan fingerprint density at radius 3 is 2.65 bits per heavy atom. The van der Waals surface area contributed by atoms with Crippen LogP contribution in [-0.4, -0.2) is 18.2 Å². The Bertz CT molecular complexity index is 428. The predicted octanol–water partition coefficient (Wildman–Crippen LogP) is 2.13. The molecule has 1 aromatic carbocycles. The molecule has 4 heteroatoms. The van der Waals surface area contributed by atoms with E-state index >= 15 is 0 Å². The average Bonchev–Trinajstić information content (AvgIpc) is 2.39. The lowest BCUT2D eigenvalue weighted by atomic mass is 9.90. The van der Waals surface area contributed by atoms with Crippen LogP contribution in [0.5, 0.6) is 0 Å². The molecule has 1 aliphatic rings. The first kappa shape index (κ1) is 12.1. The Morgan fingerprint density at radius 2 is 2.06 bits per heavy atom. The molecule has 0 aliphatic carbocycles. The molecule has 1 atom stereocenters. The number of carbonyl (C=O) groups is 2. The molecule has 1 aromatic rings. The van der Waals surface area contributed by atoms with Crippen molar-refractivity contribution in [3.05, 3.63) is 35.4 Å². The highest BCUT2D eigenvalue weighted by Gasteiger charge is 2.29. The molecule has 17 heavy (non-hydrogen) atoms. The van der Waals surface area contributed by atoms with Gasteiger partial charge in [0.05, 0.1) is 0 Å². The summed E-state index contributed by atoms with van der Waals surface area (Å²) in [6.07, 6.45) is 1.50. The zero-order chi connectivity index (χ0) is 12.3. The van der Waals surface area contributed by atoms with Crippen LogP contribution in [0.1, 0.15) is 28.8 Å². The van der Waals surface area contributed by atoms with Gasteiger partial charge in [-0.1, -0.05) is 24.3 Å². The molecule has 0 aromatic heterocycles. The maximum Gasteiger partial charge on any atom is 0.230 e. The van der Waals surface area contributed by atoms with Gasteiger partial charge in [0.2, 0.25) is 5.91 Å². The Balaban J connectivity index is 2.15. The van der Waals surface area contributed by atoms with Crippen LogP contribution in [0, 0.1) is 5.92 Å². The van der Waals surface area contributed by atoms with Crippen molar-refractivity contribution in [1.29, 1.82) is 0 Å². The van der Waals surface area contributed by atoms with Gasteiger partial charge in [0, 0.05) is 18.0 Å². The average molecular weight is 252 g/mol. The van der Waals surface area contributed by atoms with Crippen molar-refractivity contribution in [3.8, 4) is 0 Å². The zero-order valence-electron chi connectivity index (χ0n) is 9.41. The van der Waals surface area contributed by atoms with E-state index < -0.39 is 5.92 Å². The second-order valence-corrected chi connectivity index (χ2v) is 4.45. The molecule has 3 nitrogen and oxygen atoms in total. The van der Waals surface area contributed by atoms with Crippen molar-refractivity contribution in [3.63, 3.8) is 0 Å². The van der Waals surface area contributed by atoms with Gasteiger partial charge in [0.15, 0.2) is 5.78 Å². The van der Waals surface area contributed by atoms with Gasteiger partial charge in [0.25, 0.3) is 0 Å². The predicted molar refractivity (Wildman–Crippen MR) is 66.1 cm³/mol. The topological polar surface area (TPSA) is 46.2 Å². The van der Waals surface area contributed by atoms with Gasteiger partial charge in [-0.2, -0.15) is 0 Å². The fourth-order valence-electron chi connectivity index (χ4n) is 1.98. The Kier molecular flexibility index (Phi) is 3.79. The summed E-state index contributed by atoms with van der Waals surface area (Å²) in [7, 11) is 0. The smallest absolute Gasteiger partial charge is 0.230 e. The molecular formula is C13H14ClNO2. The van der Waals surface area contributed by atoms with E-state index in [-0.39, 0.29) is 11.7 Å². The fraction of sp³-hybridized carbons (Fsp3) is 0.385. The molecule has 0 spiro atoms. The molecule has 1 heterocycles. The monoisotopic (exact) mass is 251 g/mol. The first-order valence-electron chi connectivity index (χ1n) is 5.69. The quantitative estimate of drug-likeness (QED) is 0.508. The van der Waals surface area contributed by atoms with Crippen LogP contribution in [0.2, 0.25) is 0 Å². The maximum atomic E-state index is 12.1. The molecule has 90 valence electrons. The van der Waals surface area contributed by atoms with E-state index in [1.807, 2.05) is 12.1 Å². The summed E-state index contributed by atoms with van der Waals surface area (Å²) in [4.78, 5) is 23.7. The summed E-state index contributed by atoms with van der Waals surface area (Å²) in [5, 5.41) is 2.72. The Hall–Kier alpha value is -1.35. The van der Waals surface area contributed by atoms with E-state index in [4.69, 9.17) is 11.6 Å². The Labute approximate surface area is 105 Å². The number of amides is 1. The highest BCUT2D eigenvalue weighted by molar-refractivity contribution is 6.17. The van der Waals surface area contributed by atoms with E-state index in [9.17, 15) is 9.59 Å². The minimum Gasteiger partial charge on any atom is -0.355 e. The number of ketones is 1. The van der Waals surface area contributed by atoms with Crippen LogP contribution in [-0.2, 0) is 10.7 Å². The molecule has 0 saturated carbocycles. The number of benzene rings is 1. The van der Waals surface area contributed by atoms with Crippen molar-refractivity contribution in [2.45, 2.75) is 18.7 Å². The summed E-state index contributed by atoms with van der Waals surface area (Å²) in [5.74, 6) is -0.338. The zero-order valence-corrected chi connectivity index (χ0v) is 10.2. The summed E-state index contributed by atoms with van der Waals surface area (Å²) >= 11 is 5.68. The highest BCUT2D eigenvalue weighted by Crippen LogP contribution is 2.18. The van der Waals surface area contributed by atoms with Crippen LogP contribution in [0.3, 0.4) is 0 Å². The number of carbonyl (C=O) groups excluding carboxylic acids is 2. The highest BCUT2D eigenvalue weighted by atomic mass is 35.5. The molecule has 0 radical (unpaired) electrons. The minimum absolute atomic E-state index is 0.0941. The molecule has 2 rings (SSSR count). The van der Waals surface area contributed by atoms with Crippen LogP contribution < -0.4 is 5.32 Å². The molecule has 1 saturated heterocycles. The molecule has 1 N–H and O–H groups in total. The largest absolute Gasteiger partial charge is 0.355 e. The van der Waals surface area contributed by atoms with Crippen molar-refractivity contribution in [2.24, 2.45) is 5.92 Å². The molecule has 1 aliphatic heterocycles. The van der Waals surface area contributed by atoms with Crippen molar-refractivity contribution >= 4 is 23.3 Å². The SMILES string of the molecule is O=C1NCCCC1C(=O)c1ccc(CCl)cc1.